The normalized spacial score (nSPS) is 10.9. The van der Waals surface area contributed by atoms with Gasteiger partial charge in [0.2, 0.25) is 0 Å². The van der Waals surface area contributed by atoms with Crippen LogP contribution in [0, 0.1) is 0 Å². The van der Waals surface area contributed by atoms with E-state index in [1.54, 1.807) is 6.07 Å². The van der Waals surface area contributed by atoms with Crippen molar-refractivity contribution < 1.29 is 9.32 Å². The molecule has 0 spiro atoms. The van der Waals surface area contributed by atoms with E-state index in [2.05, 4.69) is 15.5 Å². The zero-order valence-corrected chi connectivity index (χ0v) is 13.4. The number of imidazole rings is 1. The van der Waals surface area contributed by atoms with Crippen LogP contribution < -0.4 is 5.32 Å². The Morgan fingerprint density at radius 1 is 1.12 bits per heavy atom. The van der Waals surface area contributed by atoms with E-state index in [9.17, 15) is 4.79 Å². The van der Waals surface area contributed by atoms with Crippen molar-refractivity contribution in [3.05, 3.63) is 78.5 Å². The number of carbonyl (C=O) groups excluding carboxylic acids is 1. The molecule has 6 heteroatoms. The van der Waals surface area contributed by atoms with Crippen molar-refractivity contribution >= 4 is 11.4 Å². The largest absolute Gasteiger partial charge is 0.355 e. The summed E-state index contributed by atoms with van der Waals surface area (Å²) in [5.74, 6) is 1.22. The minimum atomic E-state index is -0.258. The number of carbonyl (C=O) groups is 1. The van der Waals surface area contributed by atoms with Crippen LogP contribution in [0.4, 0.5) is 0 Å². The smallest absolute Gasteiger partial charge is 0.273 e. The summed E-state index contributed by atoms with van der Waals surface area (Å²) >= 11 is 0. The monoisotopic (exact) mass is 332 g/mol. The van der Waals surface area contributed by atoms with Gasteiger partial charge in [-0.1, -0.05) is 41.6 Å². The van der Waals surface area contributed by atoms with Crippen LogP contribution >= 0.6 is 0 Å². The molecule has 0 radical (unpaired) electrons. The molecule has 6 nitrogen and oxygen atoms in total. The van der Waals surface area contributed by atoms with E-state index in [0.717, 1.165) is 16.9 Å². The van der Waals surface area contributed by atoms with E-state index in [1.165, 1.54) is 0 Å². The van der Waals surface area contributed by atoms with Gasteiger partial charge in [0.15, 0.2) is 11.5 Å². The van der Waals surface area contributed by atoms with Gasteiger partial charge in [-0.15, -0.1) is 0 Å². The molecule has 0 saturated heterocycles. The molecule has 0 saturated carbocycles. The maximum atomic E-state index is 12.2. The first-order valence-corrected chi connectivity index (χ1v) is 8.02. The molecule has 1 amide bonds. The van der Waals surface area contributed by atoms with Gasteiger partial charge in [-0.25, -0.2) is 4.98 Å². The summed E-state index contributed by atoms with van der Waals surface area (Å²) in [6.45, 7) is 0.473. The van der Waals surface area contributed by atoms with Gasteiger partial charge in [0, 0.05) is 30.8 Å². The highest BCUT2D eigenvalue weighted by Crippen LogP contribution is 2.19. The van der Waals surface area contributed by atoms with Crippen LogP contribution in [0.2, 0.25) is 0 Å². The van der Waals surface area contributed by atoms with Crippen molar-refractivity contribution in [3.63, 3.8) is 0 Å². The summed E-state index contributed by atoms with van der Waals surface area (Å²) < 4.78 is 7.26. The van der Waals surface area contributed by atoms with Gasteiger partial charge in [0.25, 0.3) is 5.91 Å². The molecule has 1 N–H and O–H groups in total. The van der Waals surface area contributed by atoms with Gasteiger partial charge < -0.3 is 14.2 Å². The maximum Gasteiger partial charge on any atom is 0.273 e. The fraction of sp³-hybridized carbons (Fsp3) is 0.105. The Balaban J connectivity index is 1.39. The number of pyridine rings is 1. The van der Waals surface area contributed by atoms with Crippen molar-refractivity contribution in [1.29, 1.82) is 0 Å². The molecule has 124 valence electrons. The highest BCUT2D eigenvalue weighted by molar-refractivity contribution is 5.93. The van der Waals surface area contributed by atoms with E-state index in [1.807, 2.05) is 65.3 Å². The van der Waals surface area contributed by atoms with Crippen LogP contribution in [0.5, 0.6) is 0 Å². The Bertz CT molecular complexity index is 1000. The Kier molecular flexibility index (Phi) is 4.00. The predicted octanol–water partition coefficient (Wildman–Crippen LogP) is 2.96. The number of rotatable bonds is 5. The van der Waals surface area contributed by atoms with Crippen molar-refractivity contribution in [2.45, 2.75) is 6.42 Å². The lowest BCUT2D eigenvalue weighted by Gasteiger charge is -2.03. The average Bonchev–Trinajstić information content (AvgIpc) is 3.30. The van der Waals surface area contributed by atoms with Crippen molar-refractivity contribution in [2.75, 3.05) is 6.54 Å². The Labute approximate surface area is 144 Å². The van der Waals surface area contributed by atoms with Crippen LogP contribution in [0.1, 0.15) is 16.3 Å². The zero-order chi connectivity index (χ0) is 17.1. The predicted molar refractivity (Wildman–Crippen MR) is 93.2 cm³/mol. The Morgan fingerprint density at radius 3 is 2.84 bits per heavy atom. The summed E-state index contributed by atoms with van der Waals surface area (Å²) in [6, 6.07) is 17.1. The molecule has 0 aliphatic rings. The second-order valence-corrected chi connectivity index (χ2v) is 5.62. The molecule has 4 rings (SSSR count). The molecule has 3 aromatic heterocycles. The van der Waals surface area contributed by atoms with Crippen LogP contribution in [-0.2, 0) is 6.42 Å². The molecule has 4 aromatic rings. The topological polar surface area (TPSA) is 72.4 Å². The molecule has 3 heterocycles. The van der Waals surface area contributed by atoms with Crippen LogP contribution in [0.3, 0.4) is 0 Å². The van der Waals surface area contributed by atoms with Gasteiger partial charge in [-0.05, 0) is 12.1 Å². The number of hydrogen-bond donors (Lipinski definition) is 1. The van der Waals surface area contributed by atoms with E-state index in [-0.39, 0.29) is 11.6 Å². The fourth-order valence-corrected chi connectivity index (χ4v) is 2.68. The lowest BCUT2D eigenvalue weighted by atomic mass is 10.1. The summed E-state index contributed by atoms with van der Waals surface area (Å²) in [7, 11) is 0. The quantitative estimate of drug-likeness (QED) is 0.610. The van der Waals surface area contributed by atoms with Gasteiger partial charge in [0.05, 0.1) is 11.7 Å². The molecule has 0 aliphatic carbocycles. The minimum Gasteiger partial charge on any atom is -0.355 e. The SMILES string of the molecule is O=C(NCCc1ncc2ccccn12)c1cc(-c2ccccc2)on1. The van der Waals surface area contributed by atoms with Crippen molar-refractivity contribution in [2.24, 2.45) is 0 Å². The summed E-state index contributed by atoms with van der Waals surface area (Å²) in [5, 5.41) is 6.70. The fourth-order valence-electron chi connectivity index (χ4n) is 2.68. The Morgan fingerprint density at radius 2 is 1.96 bits per heavy atom. The van der Waals surface area contributed by atoms with Crippen LogP contribution in [0.15, 0.2) is 71.5 Å². The molecule has 1 aromatic carbocycles. The van der Waals surface area contributed by atoms with Gasteiger partial charge >= 0.3 is 0 Å². The second-order valence-electron chi connectivity index (χ2n) is 5.62. The molecule has 0 atom stereocenters. The van der Waals surface area contributed by atoms with Gasteiger partial charge in [0.1, 0.15) is 5.82 Å². The third-order valence-corrected chi connectivity index (χ3v) is 3.95. The first kappa shape index (κ1) is 15.1. The first-order chi connectivity index (χ1) is 12.3. The molecule has 0 unspecified atom stereocenters. The second kappa shape index (κ2) is 6.60. The van der Waals surface area contributed by atoms with Crippen molar-refractivity contribution in [3.8, 4) is 11.3 Å². The number of amides is 1. The summed E-state index contributed by atoms with van der Waals surface area (Å²) in [4.78, 5) is 16.6. The third-order valence-electron chi connectivity index (χ3n) is 3.95. The standard InChI is InChI=1S/C19H16N4O2/c24-19(16-12-17(25-22-16)14-6-2-1-3-7-14)20-10-9-18-21-13-15-8-4-5-11-23(15)18/h1-8,11-13H,9-10H2,(H,20,24). The van der Waals surface area contributed by atoms with Gasteiger partial charge in [-0.3, -0.25) is 4.79 Å². The number of nitrogens with one attached hydrogen (secondary N) is 1. The van der Waals surface area contributed by atoms with E-state index in [0.29, 0.717) is 18.7 Å². The summed E-state index contributed by atoms with van der Waals surface area (Å²) in [6.07, 6.45) is 4.41. The lowest BCUT2D eigenvalue weighted by molar-refractivity contribution is 0.0945. The number of nitrogens with zero attached hydrogens (tertiary/aromatic N) is 3. The van der Waals surface area contributed by atoms with Crippen molar-refractivity contribution in [1.82, 2.24) is 19.9 Å². The third kappa shape index (κ3) is 3.14. The minimum absolute atomic E-state index is 0.258. The number of aromatic nitrogens is 3. The zero-order valence-electron chi connectivity index (χ0n) is 13.4. The molecule has 0 fully saturated rings. The van der Waals surface area contributed by atoms with Crippen LogP contribution in [0.25, 0.3) is 16.8 Å². The van der Waals surface area contributed by atoms with E-state index >= 15 is 0 Å². The molecular formula is C19H16N4O2. The molecule has 0 aliphatic heterocycles. The summed E-state index contributed by atoms with van der Waals surface area (Å²) in [5.41, 5.74) is 2.19. The average molecular weight is 332 g/mol. The molecule has 25 heavy (non-hydrogen) atoms. The van der Waals surface area contributed by atoms with E-state index in [4.69, 9.17) is 4.52 Å². The van der Waals surface area contributed by atoms with Crippen LogP contribution in [-0.4, -0.2) is 27.0 Å². The lowest BCUT2D eigenvalue weighted by Crippen LogP contribution is -2.26. The number of benzene rings is 1. The van der Waals surface area contributed by atoms with Gasteiger partial charge in [-0.2, -0.15) is 0 Å². The van der Waals surface area contributed by atoms with E-state index < -0.39 is 0 Å². The molecule has 0 bridgehead atoms. The Hall–Kier alpha value is -3.41. The first-order valence-electron chi connectivity index (χ1n) is 8.02. The molecular weight excluding hydrogens is 316 g/mol. The highest BCUT2D eigenvalue weighted by atomic mass is 16.5. The highest BCUT2D eigenvalue weighted by Gasteiger charge is 2.13. The number of fused-ring (bicyclic) bond motifs is 1. The maximum absolute atomic E-state index is 12.2. The number of hydrogen-bond acceptors (Lipinski definition) is 4.